The highest BCUT2D eigenvalue weighted by atomic mass is 19.1. The molecule has 0 radical (unpaired) electrons. The van der Waals surface area contributed by atoms with Gasteiger partial charge >= 0.3 is 0 Å². The third-order valence-electron chi connectivity index (χ3n) is 3.11. The van der Waals surface area contributed by atoms with E-state index in [4.69, 9.17) is 4.74 Å². The monoisotopic (exact) mass is 283 g/mol. The normalized spacial score (nSPS) is 14.4. The average molecular weight is 283 g/mol. The highest BCUT2D eigenvalue weighted by Crippen LogP contribution is 2.28. The molecule has 1 aliphatic rings. The van der Waals surface area contributed by atoms with Crippen LogP contribution in [-0.4, -0.2) is 30.0 Å². The van der Waals surface area contributed by atoms with E-state index in [1.807, 2.05) is 13.8 Å². The molecule has 0 atom stereocenters. The van der Waals surface area contributed by atoms with Gasteiger partial charge in [-0.05, 0) is 30.9 Å². The first-order valence-electron chi connectivity index (χ1n) is 6.84. The Morgan fingerprint density at radius 3 is 2.65 bits per heavy atom. The molecule has 110 valence electrons. The minimum atomic E-state index is -0.792. The predicted octanol–water partition coefficient (Wildman–Crippen LogP) is 2.99. The molecule has 1 aliphatic carbocycles. The fourth-order valence-corrected chi connectivity index (χ4v) is 2.05. The second-order valence-corrected chi connectivity index (χ2v) is 5.53. The number of rotatable bonds is 6. The second kappa shape index (κ2) is 6.20. The largest absolute Gasteiger partial charge is 0.481 e. The predicted molar refractivity (Wildman–Crippen MR) is 71.4 cm³/mol. The smallest absolute Gasteiger partial charge is 0.260 e. The lowest BCUT2D eigenvalue weighted by molar-refractivity contribution is -0.134. The summed E-state index contributed by atoms with van der Waals surface area (Å²) < 4.78 is 31.3. The van der Waals surface area contributed by atoms with Crippen LogP contribution in [0.5, 0.6) is 5.75 Å². The first-order chi connectivity index (χ1) is 9.47. The Morgan fingerprint density at radius 1 is 1.40 bits per heavy atom. The molecule has 0 spiro atoms. The van der Waals surface area contributed by atoms with Crippen molar-refractivity contribution in [2.45, 2.75) is 32.7 Å². The fraction of sp³-hybridized carbons (Fsp3) is 0.533. The third-order valence-corrected chi connectivity index (χ3v) is 3.11. The third kappa shape index (κ3) is 3.92. The number of halogens is 2. The Hall–Kier alpha value is -1.65. The minimum absolute atomic E-state index is 0.0972. The van der Waals surface area contributed by atoms with Crippen LogP contribution in [0.1, 0.15) is 26.7 Å². The van der Waals surface area contributed by atoms with Crippen molar-refractivity contribution >= 4 is 5.91 Å². The maximum atomic E-state index is 13.4. The maximum Gasteiger partial charge on any atom is 0.260 e. The molecule has 1 aromatic rings. The Bertz CT molecular complexity index is 487. The summed E-state index contributed by atoms with van der Waals surface area (Å²) >= 11 is 0. The molecule has 0 saturated heterocycles. The van der Waals surface area contributed by atoms with Crippen LogP contribution < -0.4 is 4.74 Å². The zero-order valence-corrected chi connectivity index (χ0v) is 11.7. The van der Waals surface area contributed by atoms with Gasteiger partial charge in [-0.15, -0.1) is 0 Å². The zero-order chi connectivity index (χ0) is 14.7. The average Bonchev–Trinajstić information content (AvgIpc) is 3.18. The number of ether oxygens (including phenoxy) is 1. The van der Waals surface area contributed by atoms with E-state index in [-0.39, 0.29) is 18.3 Å². The molecule has 0 heterocycles. The van der Waals surface area contributed by atoms with Crippen molar-refractivity contribution in [2.24, 2.45) is 5.92 Å². The molecule has 1 amide bonds. The van der Waals surface area contributed by atoms with E-state index in [0.29, 0.717) is 18.5 Å². The van der Waals surface area contributed by atoms with E-state index in [1.165, 1.54) is 6.07 Å². The molecule has 1 fully saturated rings. The van der Waals surface area contributed by atoms with Crippen molar-refractivity contribution in [3.63, 3.8) is 0 Å². The molecular formula is C15H19F2NO2. The summed E-state index contributed by atoms with van der Waals surface area (Å²) in [6.07, 6.45) is 2.03. The topological polar surface area (TPSA) is 29.5 Å². The Kier molecular flexibility index (Phi) is 4.57. The number of carbonyl (C=O) groups excluding carboxylic acids is 1. The van der Waals surface area contributed by atoms with Gasteiger partial charge in [0.15, 0.2) is 18.2 Å². The van der Waals surface area contributed by atoms with Crippen LogP contribution >= 0.6 is 0 Å². The standard InChI is InChI=1S/C15H19F2NO2/c1-10(2)8-18(12-4-5-12)15(19)9-20-14-6-3-11(16)7-13(14)17/h3,6-7,10,12H,4-5,8-9H2,1-2H3. The number of nitrogens with zero attached hydrogens (tertiary/aromatic N) is 1. The van der Waals surface area contributed by atoms with E-state index < -0.39 is 11.6 Å². The number of hydrogen-bond acceptors (Lipinski definition) is 2. The summed E-state index contributed by atoms with van der Waals surface area (Å²) in [6.45, 7) is 4.55. The molecule has 0 unspecified atom stereocenters. The summed E-state index contributed by atoms with van der Waals surface area (Å²) in [4.78, 5) is 13.9. The van der Waals surface area contributed by atoms with Crippen LogP contribution in [0.3, 0.4) is 0 Å². The second-order valence-electron chi connectivity index (χ2n) is 5.53. The Labute approximate surface area is 117 Å². The van der Waals surface area contributed by atoms with Crippen LogP contribution in [0.2, 0.25) is 0 Å². The van der Waals surface area contributed by atoms with Crippen molar-refractivity contribution in [2.75, 3.05) is 13.2 Å². The van der Waals surface area contributed by atoms with Crippen molar-refractivity contribution in [1.82, 2.24) is 4.90 Å². The molecule has 0 N–H and O–H groups in total. The molecule has 0 aliphatic heterocycles. The van der Waals surface area contributed by atoms with Gasteiger partial charge in [-0.25, -0.2) is 8.78 Å². The lowest BCUT2D eigenvalue weighted by Crippen LogP contribution is -2.39. The minimum Gasteiger partial charge on any atom is -0.481 e. The van der Waals surface area contributed by atoms with Gasteiger partial charge in [0.05, 0.1) is 0 Å². The maximum absolute atomic E-state index is 13.4. The molecule has 0 aromatic heterocycles. The van der Waals surface area contributed by atoms with Crippen molar-refractivity contribution in [3.05, 3.63) is 29.8 Å². The quantitative estimate of drug-likeness (QED) is 0.803. The van der Waals surface area contributed by atoms with E-state index in [2.05, 4.69) is 0 Å². The van der Waals surface area contributed by atoms with Crippen molar-refractivity contribution in [1.29, 1.82) is 0 Å². The van der Waals surface area contributed by atoms with Crippen LogP contribution in [0.15, 0.2) is 18.2 Å². The van der Waals surface area contributed by atoms with Gasteiger partial charge in [0, 0.05) is 18.7 Å². The van der Waals surface area contributed by atoms with E-state index in [1.54, 1.807) is 4.90 Å². The zero-order valence-electron chi connectivity index (χ0n) is 11.7. The molecule has 1 aromatic carbocycles. The van der Waals surface area contributed by atoms with E-state index >= 15 is 0 Å². The van der Waals surface area contributed by atoms with Crippen molar-refractivity contribution in [3.8, 4) is 5.75 Å². The van der Waals surface area contributed by atoms with E-state index in [0.717, 1.165) is 25.0 Å². The van der Waals surface area contributed by atoms with Gasteiger partial charge in [-0.3, -0.25) is 4.79 Å². The molecule has 20 heavy (non-hydrogen) atoms. The highest BCUT2D eigenvalue weighted by Gasteiger charge is 2.32. The fourth-order valence-electron chi connectivity index (χ4n) is 2.05. The van der Waals surface area contributed by atoms with Gasteiger partial charge in [0.1, 0.15) is 5.82 Å². The number of carbonyl (C=O) groups is 1. The SMILES string of the molecule is CC(C)CN(C(=O)COc1ccc(F)cc1F)C1CC1. The summed E-state index contributed by atoms with van der Waals surface area (Å²) in [5, 5.41) is 0. The number of benzene rings is 1. The molecule has 1 saturated carbocycles. The van der Waals surface area contributed by atoms with Crippen LogP contribution in [0.4, 0.5) is 8.78 Å². The van der Waals surface area contributed by atoms with Crippen LogP contribution in [-0.2, 0) is 4.79 Å². The highest BCUT2D eigenvalue weighted by molar-refractivity contribution is 5.78. The summed E-state index contributed by atoms with van der Waals surface area (Å²) in [5.41, 5.74) is 0. The lowest BCUT2D eigenvalue weighted by atomic mass is 10.2. The molecule has 2 rings (SSSR count). The van der Waals surface area contributed by atoms with Gasteiger partial charge in [0.2, 0.25) is 0 Å². The first kappa shape index (κ1) is 14.8. The van der Waals surface area contributed by atoms with Gasteiger partial charge in [-0.2, -0.15) is 0 Å². The molecule has 3 nitrogen and oxygen atoms in total. The summed E-state index contributed by atoms with van der Waals surface area (Å²) in [6, 6.07) is 3.34. The summed E-state index contributed by atoms with van der Waals surface area (Å²) in [5.74, 6) is -1.33. The van der Waals surface area contributed by atoms with Crippen molar-refractivity contribution < 1.29 is 18.3 Å². The van der Waals surface area contributed by atoms with Gasteiger partial charge < -0.3 is 9.64 Å². The lowest BCUT2D eigenvalue weighted by Gasteiger charge is -2.24. The summed E-state index contributed by atoms with van der Waals surface area (Å²) in [7, 11) is 0. The number of amides is 1. The van der Waals surface area contributed by atoms with Gasteiger partial charge in [-0.1, -0.05) is 13.8 Å². The first-order valence-corrected chi connectivity index (χ1v) is 6.84. The molecule has 0 bridgehead atoms. The molecule has 5 heteroatoms. The molecular weight excluding hydrogens is 264 g/mol. The van der Waals surface area contributed by atoms with Gasteiger partial charge in [0.25, 0.3) is 5.91 Å². The van der Waals surface area contributed by atoms with Crippen LogP contribution in [0.25, 0.3) is 0 Å². The Morgan fingerprint density at radius 2 is 2.10 bits per heavy atom. The van der Waals surface area contributed by atoms with Crippen LogP contribution in [0, 0.1) is 17.6 Å². The van der Waals surface area contributed by atoms with E-state index in [9.17, 15) is 13.6 Å². The number of hydrogen-bond donors (Lipinski definition) is 0. The Balaban J connectivity index is 1.93.